The number of nitrogens with zero attached hydrogens (tertiary/aromatic N) is 2. The highest BCUT2D eigenvalue weighted by Gasteiger charge is 1.94. The summed E-state index contributed by atoms with van der Waals surface area (Å²) < 4.78 is 0. The first kappa shape index (κ1) is 5.73. The number of hydrogen-bond donors (Lipinski definition) is 2. The van der Waals surface area contributed by atoms with Crippen molar-refractivity contribution in [2.75, 3.05) is 0 Å². The summed E-state index contributed by atoms with van der Waals surface area (Å²) in [6.45, 7) is 0. The molecule has 3 nitrogen and oxygen atoms in total. The second kappa shape index (κ2) is 1.98. The predicted octanol–water partition coefficient (Wildman–Crippen LogP) is 1.25. The van der Waals surface area contributed by atoms with Gasteiger partial charge in [-0.25, -0.2) is 4.98 Å². The number of rotatable bonds is 0. The maximum absolute atomic E-state index is 4.13. The molecule has 0 bridgehead atoms. The van der Waals surface area contributed by atoms with Gasteiger partial charge in [-0.1, -0.05) is 0 Å². The van der Waals surface area contributed by atoms with E-state index < -0.39 is 0 Å². The third-order valence-electron chi connectivity index (χ3n) is 1.28. The summed E-state index contributed by atoms with van der Waals surface area (Å²) in [5.74, 6) is 0. The lowest BCUT2D eigenvalue weighted by Crippen LogP contribution is -1.74. The lowest BCUT2D eigenvalue weighted by molar-refractivity contribution is 1.09. The van der Waals surface area contributed by atoms with Gasteiger partial charge in [-0.3, -0.25) is 5.10 Å². The molecule has 0 aromatic carbocycles. The molecule has 2 rings (SSSR count). The van der Waals surface area contributed by atoms with Gasteiger partial charge < -0.3 is 0 Å². The minimum absolute atomic E-state index is 0.804. The molecule has 0 spiro atoms. The van der Waals surface area contributed by atoms with Crippen molar-refractivity contribution < 1.29 is 0 Å². The first-order chi connectivity index (χ1) is 4.86. The summed E-state index contributed by atoms with van der Waals surface area (Å²) in [7, 11) is 0. The van der Waals surface area contributed by atoms with Gasteiger partial charge in [-0.05, 0) is 6.07 Å². The van der Waals surface area contributed by atoms with Crippen molar-refractivity contribution in [3.63, 3.8) is 0 Å². The number of thiol groups is 1. The standard InChI is InChI=1S/C6H5N3S/c10-5-1-4-2-8-9-6(4)7-3-5/h1-3,10H,(H,7,8,9). The molecule has 2 heterocycles. The molecule has 0 fully saturated rings. The van der Waals surface area contributed by atoms with Gasteiger partial charge in [0.05, 0.1) is 6.20 Å². The average molecular weight is 151 g/mol. The van der Waals surface area contributed by atoms with Crippen LogP contribution >= 0.6 is 12.6 Å². The van der Waals surface area contributed by atoms with E-state index in [9.17, 15) is 0 Å². The molecular formula is C6H5N3S. The van der Waals surface area contributed by atoms with Crippen LogP contribution in [0, 0.1) is 0 Å². The zero-order valence-corrected chi connectivity index (χ0v) is 5.97. The Bertz CT molecular complexity index is 355. The van der Waals surface area contributed by atoms with E-state index in [0.29, 0.717) is 0 Å². The molecule has 0 aliphatic carbocycles. The third-order valence-corrected chi connectivity index (χ3v) is 1.52. The summed E-state index contributed by atoms with van der Waals surface area (Å²) in [6.07, 6.45) is 3.41. The zero-order chi connectivity index (χ0) is 6.97. The van der Waals surface area contributed by atoms with Gasteiger partial charge in [0.2, 0.25) is 0 Å². The van der Waals surface area contributed by atoms with E-state index >= 15 is 0 Å². The third kappa shape index (κ3) is 0.769. The molecule has 50 valence electrons. The van der Waals surface area contributed by atoms with E-state index in [4.69, 9.17) is 0 Å². The van der Waals surface area contributed by atoms with Crippen molar-refractivity contribution in [3.8, 4) is 0 Å². The number of hydrogen-bond acceptors (Lipinski definition) is 3. The number of nitrogens with one attached hydrogen (secondary N) is 1. The summed E-state index contributed by atoms with van der Waals surface area (Å²) in [5.41, 5.74) is 0.804. The van der Waals surface area contributed by atoms with Gasteiger partial charge in [0.1, 0.15) is 0 Å². The van der Waals surface area contributed by atoms with Crippen LogP contribution < -0.4 is 0 Å². The largest absolute Gasteiger partial charge is 0.261 e. The molecule has 0 aliphatic heterocycles. The monoisotopic (exact) mass is 151 g/mol. The number of pyridine rings is 1. The molecule has 4 heteroatoms. The molecular weight excluding hydrogens is 146 g/mol. The smallest absolute Gasteiger partial charge is 0.155 e. The maximum atomic E-state index is 4.13. The Hall–Kier alpha value is -1.03. The van der Waals surface area contributed by atoms with Crippen LogP contribution in [0.15, 0.2) is 23.4 Å². The summed E-state index contributed by atoms with van der Waals surface area (Å²) in [5, 5.41) is 7.57. The second-order valence-corrected chi connectivity index (χ2v) is 2.52. The van der Waals surface area contributed by atoms with Crippen molar-refractivity contribution in [1.29, 1.82) is 0 Å². The fourth-order valence-electron chi connectivity index (χ4n) is 0.825. The number of aromatic amines is 1. The molecule has 0 saturated carbocycles. The van der Waals surface area contributed by atoms with Gasteiger partial charge in [0.15, 0.2) is 5.65 Å². The minimum atomic E-state index is 0.804. The van der Waals surface area contributed by atoms with Gasteiger partial charge in [-0.2, -0.15) is 5.10 Å². The van der Waals surface area contributed by atoms with Crippen molar-refractivity contribution in [2.24, 2.45) is 0 Å². The lowest BCUT2D eigenvalue weighted by Gasteiger charge is -1.87. The topological polar surface area (TPSA) is 41.6 Å². The Kier molecular flexibility index (Phi) is 1.14. The molecule has 0 atom stereocenters. The Morgan fingerprint density at radius 1 is 1.40 bits per heavy atom. The van der Waals surface area contributed by atoms with Crippen LogP contribution in [0.25, 0.3) is 11.0 Å². The summed E-state index contributed by atoms with van der Waals surface area (Å²) >= 11 is 4.13. The SMILES string of the molecule is Sc1cnc2[nH]ncc2c1. The van der Waals surface area contributed by atoms with Crippen LogP contribution in [0.3, 0.4) is 0 Å². The summed E-state index contributed by atoms with van der Waals surface area (Å²) in [6, 6.07) is 1.91. The molecule has 0 unspecified atom stereocenters. The Labute approximate surface area is 62.9 Å². The van der Waals surface area contributed by atoms with E-state index in [0.717, 1.165) is 15.9 Å². The zero-order valence-electron chi connectivity index (χ0n) is 5.07. The highest BCUT2D eigenvalue weighted by atomic mass is 32.1. The van der Waals surface area contributed by atoms with Gasteiger partial charge >= 0.3 is 0 Å². The van der Waals surface area contributed by atoms with Crippen LogP contribution in [0.2, 0.25) is 0 Å². The summed E-state index contributed by atoms with van der Waals surface area (Å²) in [4.78, 5) is 4.90. The minimum Gasteiger partial charge on any atom is -0.261 e. The van der Waals surface area contributed by atoms with E-state index in [1.807, 2.05) is 6.07 Å². The number of H-pyrrole nitrogens is 1. The van der Waals surface area contributed by atoms with Crippen molar-refractivity contribution in [1.82, 2.24) is 15.2 Å². The van der Waals surface area contributed by atoms with E-state index in [-0.39, 0.29) is 0 Å². The molecule has 0 amide bonds. The molecule has 10 heavy (non-hydrogen) atoms. The fourth-order valence-corrected chi connectivity index (χ4v) is 1.02. The highest BCUT2D eigenvalue weighted by Crippen LogP contribution is 2.11. The van der Waals surface area contributed by atoms with Crippen LogP contribution in [0.4, 0.5) is 0 Å². The van der Waals surface area contributed by atoms with Gasteiger partial charge in [0, 0.05) is 16.5 Å². The number of fused-ring (bicyclic) bond motifs is 1. The van der Waals surface area contributed by atoms with Crippen LogP contribution in [0.5, 0.6) is 0 Å². The van der Waals surface area contributed by atoms with Crippen LogP contribution in [-0.2, 0) is 0 Å². The molecule has 2 aromatic rings. The quantitative estimate of drug-likeness (QED) is 0.556. The highest BCUT2D eigenvalue weighted by molar-refractivity contribution is 7.80. The Morgan fingerprint density at radius 2 is 2.30 bits per heavy atom. The van der Waals surface area contributed by atoms with Gasteiger partial charge in [0.25, 0.3) is 0 Å². The van der Waals surface area contributed by atoms with Gasteiger partial charge in [-0.15, -0.1) is 12.6 Å². The number of aromatic nitrogens is 3. The fraction of sp³-hybridized carbons (Fsp3) is 0. The Morgan fingerprint density at radius 3 is 3.20 bits per heavy atom. The first-order valence-corrected chi connectivity index (χ1v) is 3.29. The molecule has 2 aromatic heterocycles. The second-order valence-electron chi connectivity index (χ2n) is 2.00. The maximum Gasteiger partial charge on any atom is 0.155 e. The lowest BCUT2D eigenvalue weighted by atomic mass is 10.4. The normalized spacial score (nSPS) is 10.5. The van der Waals surface area contributed by atoms with Crippen LogP contribution in [-0.4, -0.2) is 15.2 Å². The molecule has 0 radical (unpaired) electrons. The van der Waals surface area contributed by atoms with E-state index in [1.54, 1.807) is 12.4 Å². The molecule has 1 N–H and O–H groups in total. The van der Waals surface area contributed by atoms with Crippen molar-refractivity contribution >= 4 is 23.7 Å². The van der Waals surface area contributed by atoms with Crippen molar-refractivity contribution in [3.05, 3.63) is 18.5 Å². The van der Waals surface area contributed by atoms with Crippen molar-refractivity contribution in [2.45, 2.75) is 4.90 Å². The van der Waals surface area contributed by atoms with E-state index in [1.165, 1.54) is 0 Å². The predicted molar refractivity (Wildman–Crippen MR) is 41.1 cm³/mol. The first-order valence-electron chi connectivity index (χ1n) is 2.84. The molecule has 0 aliphatic rings. The average Bonchev–Trinajstić information content (AvgIpc) is 2.33. The van der Waals surface area contributed by atoms with E-state index in [2.05, 4.69) is 27.8 Å². The molecule has 0 saturated heterocycles. The Balaban J connectivity index is 2.86. The van der Waals surface area contributed by atoms with Crippen LogP contribution in [0.1, 0.15) is 0 Å².